The van der Waals surface area contributed by atoms with Crippen LogP contribution in [0.15, 0.2) is 41.7 Å². The van der Waals surface area contributed by atoms with Gasteiger partial charge in [0.25, 0.3) is 0 Å². The number of fused-ring (bicyclic) bond motifs is 1. The summed E-state index contributed by atoms with van der Waals surface area (Å²) in [4.78, 5) is 17.0. The number of piperidine rings is 1. The normalized spacial score (nSPS) is 16.4. The Labute approximate surface area is 230 Å². The third-order valence-electron chi connectivity index (χ3n) is 7.69. The zero-order valence-electron chi connectivity index (χ0n) is 22.3. The summed E-state index contributed by atoms with van der Waals surface area (Å²) in [5.41, 5.74) is 0.519. The van der Waals surface area contributed by atoms with Crippen LogP contribution >= 0.6 is 0 Å². The highest BCUT2D eigenvalue weighted by Gasteiger charge is 2.35. The van der Waals surface area contributed by atoms with E-state index in [1.807, 2.05) is 13.8 Å². The molecule has 3 aromatic rings. The van der Waals surface area contributed by atoms with Gasteiger partial charge in [-0.25, -0.2) is 15.0 Å². The van der Waals surface area contributed by atoms with Crippen molar-refractivity contribution in [3.8, 4) is 6.07 Å². The van der Waals surface area contributed by atoms with Crippen molar-refractivity contribution < 1.29 is 22.7 Å². The van der Waals surface area contributed by atoms with Crippen molar-refractivity contribution >= 4 is 23.2 Å². The van der Waals surface area contributed by atoms with Crippen LogP contribution in [0.1, 0.15) is 54.8 Å². The Hall–Kier alpha value is -4.11. The molecule has 0 radical (unpaired) electrons. The van der Waals surface area contributed by atoms with E-state index < -0.39 is 22.9 Å². The molecule has 2 aliphatic rings. The summed E-state index contributed by atoms with van der Waals surface area (Å²) in [7, 11) is 0. The molecule has 9 nitrogen and oxygen atoms in total. The van der Waals surface area contributed by atoms with E-state index in [4.69, 9.17) is 9.68 Å². The second kappa shape index (κ2) is 10.5. The lowest BCUT2D eigenvalue weighted by Crippen LogP contribution is -2.41. The molecule has 0 unspecified atom stereocenters. The molecule has 5 rings (SSSR count). The number of aliphatic hydroxyl groups is 1. The van der Waals surface area contributed by atoms with Gasteiger partial charge in [-0.05, 0) is 57.2 Å². The van der Waals surface area contributed by atoms with E-state index in [1.165, 1.54) is 18.5 Å². The minimum absolute atomic E-state index is 0.229. The van der Waals surface area contributed by atoms with Crippen LogP contribution in [-0.4, -0.2) is 50.2 Å². The van der Waals surface area contributed by atoms with Crippen molar-refractivity contribution in [1.82, 2.24) is 19.9 Å². The topological polar surface area (TPSA) is 114 Å². The van der Waals surface area contributed by atoms with Crippen LogP contribution in [-0.2, 0) is 19.1 Å². The van der Waals surface area contributed by atoms with Crippen molar-refractivity contribution in [2.45, 2.75) is 51.4 Å². The quantitative estimate of drug-likeness (QED) is 0.430. The number of alkyl halides is 3. The summed E-state index contributed by atoms with van der Waals surface area (Å²) in [6, 6.07) is 5.59. The lowest BCUT2D eigenvalue weighted by molar-refractivity contribution is -0.137. The average molecular weight is 554 g/mol. The summed E-state index contributed by atoms with van der Waals surface area (Å²) in [5, 5.41) is 22.5. The van der Waals surface area contributed by atoms with Crippen molar-refractivity contribution in [3.05, 3.63) is 65.4 Å². The van der Waals surface area contributed by atoms with E-state index in [9.17, 15) is 18.3 Å². The Bertz CT molecular complexity index is 1450. The maximum atomic E-state index is 13.5. The van der Waals surface area contributed by atoms with Crippen LogP contribution in [0.3, 0.4) is 0 Å². The summed E-state index contributed by atoms with van der Waals surface area (Å²) in [5.74, 6) is 1.28. The van der Waals surface area contributed by atoms with Crippen molar-refractivity contribution in [1.29, 1.82) is 5.26 Å². The predicted octanol–water partition coefficient (Wildman–Crippen LogP) is 5.11. The number of nitrogens with one attached hydrogen (secondary N) is 1. The molecule has 1 aromatic carbocycles. The van der Waals surface area contributed by atoms with E-state index in [1.54, 1.807) is 17.2 Å². The molecule has 0 amide bonds. The first-order valence-electron chi connectivity index (χ1n) is 13.0. The van der Waals surface area contributed by atoms with E-state index >= 15 is 0 Å². The van der Waals surface area contributed by atoms with Gasteiger partial charge in [0.15, 0.2) is 5.76 Å². The number of hydrogen-bond acceptors (Lipinski definition) is 9. The molecule has 2 aliphatic heterocycles. The summed E-state index contributed by atoms with van der Waals surface area (Å²) in [6.45, 7) is 10.1. The lowest BCUT2D eigenvalue weighted by Gasteiger charge is -2.39. The highest BCUT2D eigenvalue weighted by Crippen LogP contribution is 2.36. The molecule has 1 saturated heterocycles. The standard InChI is InChI=1S/C28H30F3N7O2/c1-17(37-9-6-19(7-10-37)27(2,3)39)24-14-33-26(40-24)36-25-21-8-11-38(15-23(21)34-16-35-25)20-5-4-18(13-32)22(12-20)28(29,30)31/h4-5,12,14,16,19,39H,1,6-11,15H2,2-3H3,(H,33,34,35,36). The zero-order valence-corrected chi connectivity index (χ0v) is 22.3. The van der Waals surface area contributed by atoms with Gasteiger partial charge in [-0.2, -0.15) is 18.4 Å². The van der Waals surface area contributed by atoms with E-state index in [0.717, 1.165) is 43.3 Å². The first-order chi connectivity index (χ1) is 18.9. The maximum Gasteiger partial charge on any atom is 0.417 e. The van der Waals surface area contributed by atoms with Gasteiger partial charge in [0.1, 0.15) is 12.1 Å². The van der Waals surface area contributed by atoms with E-state index in [0.29, 0.717) is 35.9 Å². The molecule has 1 fully saturated rings. The first kappa shape index (κ1) is 27.5. The van der Waals surface area contributed by atoms with Gasteiger partial charge in [0, 0.05) is 30.9 Å². The van der Waals surface area contributed by atoms with Gasteiger partial charge in [0.05, 0.1) is 46.9 Å². The Kier molecular flexibility index (Phi) is 7.18. The van der Waals surface area contributed by atoms with Crippen molar-refractivity contribution in [3.63, 3.8) is 0 Å². The largest absolute Gasteiger partial charge is 0.422 e. The Balaban J connectivity index is 1.27. The van der Waals surface area contributed by atoms with Gasteiger partial charge in [0.2, 0.25) is 0 Å². The van der Waals surface area contributed by atoms with Crippen LogP contribution in [0, 0.1) is 17.2 Å². The average Bonchev–Trinajstić information content (AvgIpc) is 3.40. The number of rotatable bonds is 6. The summed E-state index contributed by atoms with van der Waals surface area (Å²) in [6.07, 6.45) is 0.556. The summed E-state index contributed by atoms with van der Waals surface area (Å²) >= 11 is 0. The molecule has 0 aliphatic carbocycles. The smallest absolute Gasteiger partial charge is 0.417 e. The molecule has 0 atom stereocenters. The van der Waals surface area contributed by atoms with Crippen LogP contribution in [0.2, 0.25) is 0 Å². The lowest BCUT2D eigenvalue weighted by atomic mass is 9.83. The third kappa shape index (κ3) is 5.60. The number of benzene rings is 1. The van der Waals surface area contributed by atoms with Crippen LogP contribution < -0.4 is 10.2 Å². The molecule has 0 saturated carbocycles. The Morgan fingerprint density at radius 2 is 1.93 bits per heavy atom. The minimum atomic E-state index is -4.62. The maximum absolute atomic E-state index is 13.5. The second-order valence-corrected chi connectivity index (χ2v) is 10.7. The fourth-order valence-electron chi connectivity index (χ4n) is 5.32. The Morgan fingerprint density at radius 1 is 1.18 bits per heavy atom. The molecule has 0 spiro atoms. The van der Waals surface area contributed by atoms with Gasteiger partial charge >= 0.3 is 12.2 Å². The van der Waals surface area contributed by atoms with E-state index in [2.05, 4.69) is 31.7 Å². The molecule has 40 heavy (non-hydrogen) atoms. The molecule has 12 heteroatoms. The number of likely N-dealkylation sites (tertiary alicyclic amines) is 1. The zero-order chi connectivity index (χ0) is 28.7. The fraction of sp³-hybridized carbons (Fsp3) is 0.429. The number of nitriles is 1. The van der Waals surface area contributed by atoms with Gasteiger partial charge in [-0.1, -0.05) is 6.58 Å². The van der Waals surface area contributed by atoms with Gasteiger partial charge in [-0.15, -0.1) is 0 Å². The van der Waals surface area contributed by atoms with Crippen LogP contribution in [0.4, 0.5) is 30.7 Å². The monoisotopic (exact) mass is 553 g/mol. The fourth-order valence-corrected chi connectivity index (χ4v) is 5.32. The summed E-state index contributed by atoms with van der Waals surface area (Å²) < 4.78 is 46.3. The molecule has 210 valence electrons. The number of aromatic nitrogens is 3. The van der Waals surface area contributed by atoms with Crippen molar-refractivity contribution in [2.75, 3.05) is 29.9 Å². The molecular formula is C28H30F3N7O2. The van der Waals surface area contributed by atoms with Crippen LogP contribution in [0.5, 0.6) is 0 Å². The SMILES string of the molecule is C=C(c1cnc(Nc2ncnc3c2CCN(c2ccc(C#N)c(C(F)(F)F)c2)C3)o1)N1CCC(C(C)(C)O)CC1. The first-order valence-corrected chi connectivity index (χ1v) is 13.0. The van der Waals surface area contributed by atoms with Gasteiger partial charge in [-0.3, -0.25) is 5.32 Å². The molecule has 4 heterocycles. The predicted molar refractivity (Wildman–Crippen MR) is 142 cm³/mol. The number of nitrogens with zero attached hydrogens (tertiary/aromatic N) is 6. The van der Waals surface area contributed by atoms with E-state index in [-0.39, 0.29) is 18.5 Å². The van der Waals surface area contributed by atoms with Crippen molar-refractivity contribution in [2.24, 2.45) is 5.92 Å². The number of oxazole rings is 1. The minimum Gasteiger partial charge on any atom is -0.422 e. The highest BCUT2D eigenvalue weighted by atomic mass is 19.4. The molecule has 2 aromatic heterocycles. The van der Waals surface area contributed by atoms with Gasteiger partial charge < -0.3 is 19.3 Å². The molecule has 2 N–H and O–H groups in total. The number of anilines is 3. The highest BCUT2D eigenvalue weighted by molar-refractivity contribution is 5.61. The number of halogens is 3. The third-order valence-corrected chi connectivity index (χ3v) is 7.69. The second-order valence-electron chi connectivity index (χ2n) is 10.7. The van der Waals surface area contributed by atoms with Crippen LogP contribution in [0.25, 0.3) is 5.70 Å². The molecule has 0 bridgehead atoms. The number of hydrogen-bond donors (Lipinski definition) is 2. The molecular weight excluding hydrogens is 523 g/mol. The Morgan fingerprint density at radius 3 is 2.60 bits per heavy atom.